The SMILES string of the molecule is COc1cc(Br)c(C2NCCNC2=O)cc1OC. The predicted octanol–water partition coefficient (Wildman–Crippen LogP) is 1.23. The van der Waals surface area contributed by atoms with Gasteiger partial charge in [-0.15, -0.1) is 0 Å². The molecule has 2 rings (SSSR count). The molecule has 1 unspecified atom stereocenters. The van der Waals surface area contributed by atoms with Crippen LogP contribution in [0.1, 0.15) is 11.6 Å². The average Bonchev–Trinajstić information content (AvgIpc) is 2.39. The number of piperazine rings is 1. The molecule has 0 bridgehead atoms. The highest BCUT2D eigenvalue weighted by Crippen LogP contribution is 2.36. The van der Waals surface area contributed by atoms with Crippen molar-refractivity contribution in [3.63, 3.8) is 0 Å². The van der Waals surface area contributed by atoms with E-state index in [2.05, 4.69) is 26.6 Å². The van der Waals surface area contributed by atoms with Crippen LogP contribution in [0.15, 0.2) is 16.6 Å². The molecule has 0 aliphatic carbocycles. The van der Waals surface area contributed by atoms with Gasteiger partial charge in [0.2, 0.25) is 5.91 Å². The number of nitrogens with one attached hydrogen (secondary N) is 2. The Kier molecular flexibility index (Phi) is 4.08. The molecule has 0 spiro atoms. The fraction of sp³-hybridized carbons (Fsp3) is 0.417. The van der Waals surface area contributed by atoms with E-state index in [0.29, 0.717) is 18.0 Å². The van der Waals surface area contributed by atoms with Crippen LogP contribution in [0.5, 0.6) is 11.5 Å². The van der Waals surface area contributed by atoms with E-state index in [1.807, 2.05) is 6.07 Å². The van der Waals surface area contributed by atoms with Crippen LogP contribution in [0.4, 0.5) is 0 Å². The number of carbonyl (C=O) groups is 1. The van der Waals surface area contributed by atoms with Crippen molar-refractivity contribution in [2.45, 2.75) is 6.04 Å². The van der Waals surface area contributed by atoms with Crippen molar-refractivity contribution < 1.29 is 14.3 Å². The summed E-state index contributed by atoms with van der Waals surface area (Å²) in [6, 6.07) is 3.25. The molecule has 18 heavy (non-hydrogen) atoms. The van der Waals surface area contributed by atoms with Gasteiger partial charge in [-0.25, -0.2) is 0 Å². The first-order valence-electron chi connectivity index (χ1n) is 5.60. The van der Waals surface area contributed by atoms with Gasteiger partial charge < -0.3 is 20.1 Å². The standard InChI is InChI=1S/C12H15BrN2O3/c1-17-9-5-7(8(13)6-10(9)18-2)11-12(16)15-4-3-14-11/h5-6,11,14H,3-4H2,1-2H3,(H,15,16). The van der Waals surface area contributed by atoms with E-state index in [4.69, 9.17) is 9.47 Å². The second-order valence-electron chi connectivity index (χ2n) is 3.91. The van der Waals surface area contributed by atoms with Gasteiger partial charge in [0.15, 0.2) is 11.5 Å². The van der Waals surface area contributed by atoms with Crippen molar-refractivity contribution in [2.75, 3.05) is 27.3 Å². The molecular formula is C12H15BrN2O3. The molecule has 0 aromatic heterocycles. The summed E-state index contributed by atoms with van der Waals surface area (Å²) < 4.78 is 11.3. The molecule has 2 N–H and O–H groups in total. The summed E-state index contributed by atoms with van der Waals surface area (Å²) in [4.78, 5) is 11.8. The molecule has 1 amide bonds. The highest BCUT2D eigenvalue weighted by atomic mass is 79.9. The van der Waals surface area contributed by atoms with Crippen molar-refractivity contribution in [3.05, 3.63) is 22.2 Å². The molecule has 1 saturated heterocycles. The zero-order valence-electron chi connectivity index (χ0n) is 10.2. The van der Waals surface area contributed by atoms with Gasteiger partial charge in [-0.05, 0) is 17.7 Å². The van der Waals surface area contributed by atoms with E-state index in [1.165, 1.54) is 0 Å². The van der Waals surface area contributed by atoms with E-state index in [9.17, 15) is 4.79 Å². The molecule has 0 saturated carbocycles. The van der Waals surface area contributed by atoms with Crippen LogP contribution in [0.2, 0.25) is 0 Å². The Hall–Kier alpha value is -1.27. The van der Waals surface area contributed by atoms with Gasteiger partial charge in [0.05, 0.1) is 14.2 Å². The minimum absolute atomic E-state index is 0.0332. The van der Waals surface area contributed by atoms with Crippen LogP contribution < -0.4 is 20.1 Å². The first kappa shape index (κ1) is 13.2. The molecular weight excluding hydrogens is 300 g/mol. The zero-order chi connectivity index (χ0) is 13.1. The summed E-state index contributed by atoms with van der Waals surface area (Å²) in [6.07, 6.45) is 0. The van der Waals surface area contributed by atoms with Gasteiger partial charge in [0, 0.05) is 17.6 Å². The summed E-state index contributed by atoms with van der Waals surface area (Å²) in [5.41, 5.74) is 0.838. The van der Waals surface area contributed by atoms with E-state index in [0.717, 1.165) is 16.6 Å². The number of carbonyl (C=O) groups excluding carboxylic acids is 1. The van der Waals surface area contributed by atoms with Crippen LogP contribution in [0, 0.1) is 0 Å². The normalized spacial score (nSPS) is 19.3. The Labute approximate surface area is 114 Å². The fourth-order valence-electron chi connectivity index (χ4n) is 1.94. The number of ether oxygens (including phenoxy) is 2. The molecule has 1 aromatic carbocycles. The fourth-order valence-corrected chi connectivity index (χ4v) is 2.49. The second-order valence-corrected chi connectivity index (χ2v) is 4.76. The molecule has 98 valence electrons. The number of amides is 1. The number of hydrogen-bond donors (Lipinski definition) is 2. The minimum Gasteiger partial charge on any atom is -0.493 e. The maximum Gasteiger partial charge on any atom is 0.241 e. The van der Waals surface area contributed by atoms with E-state index in [1.54, 1.807) is 20.3 Å². The minimum atomic E-state index is -0.368. The lowest BCUT2D eigenvalue weighted by Gasteiger charge is -2.25. The van der Waals surface area contributed by atoms with Crippen LogP contribution >= 0.6 is 15.9 Å². The van der Waals surface area contributed by atoms with Crippen LogP contribution in [-0.2, 0) is 4.79 Å². The first-order valence-corrected chi connectivity index (χ1v) is 6.39. The molecule has 1 heterocycles. The zero-order valence-corrected chi connectivity index (χ0v) is 11.8. The third-order valence-corrected chi connectivity index (χ3v) is 3.54. The summed E-state index contributed by atoms with van der Waals surface area (Å²) in [5, 5.41) is 6.01. The third kappa shape index (κ3) is 2.44. The summed E-state index contributed by atoms with van der Waals surface area (Å²) in [6.45, 7) is 1.40. The van der Waals surface area contributed by atoms with Gasteiger partial charge in [0.25, 0.3) is 0 Å². The lowest BCUT2D eigenvalue weighted by molar-refractivity contribution is -0.124. The van der Waals surface area contributed by atoms with Crippen molar-refractivity contribution in [1.82, 2.24) is 10.6 Å². The molecule has 1 aromatic rings. The van der Waals surface area contributed by atoms with Crippen LogP contribution in [0.25, 0.3) is 0 Å². The number of rotatable bonds is 3. The Bertz CT molecular complexity index is 465. The van der Waals surface area contributed by atoms with E-state index in [-0.39, 0.29) is 11.9 Å². The molecule has 6 heteroatoms. The van der Waals surface area contributed by atoms with Gasteiger partial charge in [-0.2, -0.15) is 0 Å². The van der Waals surface area contributed by atoms with Gasteiger partial charge in [0.1, 0.15) is 6.04 Å². The second kappa shape index (κ2) is 5.58. The highest BCUT2D eigenvalue weighted by molar-refractivity contribution is 9.10. The van der Waals surface area contributed by atoms with Crippen LogP contribution in [-0.4, -0.2) is 33.2 Å². The van der Waals surface area contributed by atoms with E-state index >= 15 is 0 Å². The number of hydrogen-bond acceptors (Lipinski definition) is 4. The van der Waals surface area contributed by atoms with Crippen molar-refractivity contribution in [3.8, 4) is 11.5 Å². The lowest BCUT2D eigenvalue weighted by Crippen LogP contribution is -2.47. The van der Waals surface area contributed by atoms with Gasteiger partial charge in [-0.1, -0.05) is 15.9 Å². The Morgan fingerprint density at radius 1 is 1.22 bits per heavy atom. The molecule has 1 aliphatic heterocycles. The quantitative estimate of drug-likeness (QED) is 0.881. The molecule has 1 atom stereocenters. The van der Waals surface area contributed by atoms with Crippen LogP contribution in [0.3, 0.4) is 0 Å². The number of benzene rings is 1. The number of halogens is 1. The monoisotopic (exact) mass is 314 g/mol. The molecule has 1 fully saturated rings. The third-order valence-electron chi connectivity index (χ3n) is 2.85. The molecule has 1 aliphatic rings. The smallest absolute Gasteiger partial charge is 0.241 e. The molecule has 5 nitrogen and oxygen atoms in total. The Morgan fingerprint density at radius 3 is 2.50 bits per heavy atom. The predicted molar refractivity (Wildman–Crippen MR) is 71.0 cm³/mol. The maximum absolute atomic E-state index is 11.8. The molecule has 0 radical (unpaired) electrons. The highest BCUT2D eigenvalue weighted by Gasteiger charge is 2.26. The summed E-state index contributed by atoms with van der Waals surface area (Å²) in [5.74, 6) is 1.20. The average molecular weight is 315 g/mol. The largest absolute Gasteiger partial charge is 0.493 e. The maximum atomic E-state index is 11.8. The summed E-state index contributed by atoms with van der Waals surface area (Å²) in [7, 11) is 3.15. The summed E-state index contributed by atoms with van der Waals surface area (Å²) >= 11 is 3.46. The number of methoxy groups -OCH3 is 2. The van der Waals surface area contributed by atoms with Crippen molar-refractivity contribution in [1.29, 1.82) is 0 Å². The Morgan fingerprint density at radius 2 is 1.89 bits per heavy atom. The van der Waals surface area contributed by atoms with Gasteiger partial charge in [-0.3, -0.25) is 4.79 Å². The lowest BCUT2D eigenvalue weighted by atomic mass is 10.0. The van der Waals surface area contributed by atoms with Gasteiger partial charge >= 0.3 is 0 Å². The Balaban J connectivity index is 2.40. The van der Waals surface area contributed by atoms with E-state index < -0.39 is 0 Å². The van der Waals surface area contributed by atoms with Crippen molar-refractivity contribution >= 4 is 21.8 Å². The van der Waals surface area contributed by atoms with Crippen molar-refractivity contribution in [2.24, 2.45) is 0 Å². The first-order chi connectivity index (χ1) is 8.67. The topological polar surface area (TPSA) is 59.6 Å².